The number of aliphatic hydroxyl groups is 1. The number of halogens is 1. The molecular formula is C14H17ClN3O3P. The number of imide groups is 1. The van der Waals surface area contributed by atoms with E-state index in [9.17, 15) is 9.59 Å². The number of aliphatic hydroxyl groups excluding tert-OH is 1. The van der Waals surface area contributed by atoms with E-state index in [4.69, 9.17) is 16.7 Å². The molecule has 2 rings (SSSR count). The lowest BCUT2D eigenvalue weighted by Crippen LogP contribution is -2.37. The summed E-state index contributed by atoms with van der Waals surface area (Å²) in [6.45, 7) is 4.96. The highest BCUT2D eigenvalue weighted by molar-refractivity contribution is 7.18. The lowest BCUT2D eigenvalue weighted by atomic mass is 10.0. The Bertz CT molecular complexity index is 682. The molecule has 0 radical (unpaired) electrons. The number of amides is 2. The number of rotatable bonds is 4. The predicted molar refractivity (Wildman–Crippen MR) is 87.2 cm³/mol. The van der Waals surface area contributed by atoms with Crippen molar-refractivity contribution in [3.05, 3.63) is 34.0 Å². The summed E-state index contributed by atoms with van der Waals surface area (Å²) in [5, 5.41) is 10.0. The number of hydrogen-bond donors (Lipinski definition) is 2. The Morgan fingerprint density at radius 1 is 1.36 bits per heavy atom. The topological polar surface area (TPSA) is 82.5 Å². The summed E-state index contributed by atoms with van der Waals surface area (Å²) < 4.78 is 0. The van der Waals surface area contributed by atoms with Crippen LogP contribution in [0.1, 0.15) is 26.3 Å². The third-order valence-corrected chi connectivity index (χ3v) is 3.96. The smallest absolute Gasteiger partial charge is 0.278 e. The number of aromatic nitrogens is 1. The second-order valence-electron chi connectivity index (χ2n) is 5.58. The van der Waals surface area contributed by atoms with Crippen LogP contribution in [0.2, 0.25) is 5.15 Å². The lowest BCUT2D eigenvalue weighted by Gasteiger charge is -2.21. The van der Waals surface area contributed by atoms with E-state index in [1.165, 1.54) is 6.92 Å². The summed E-state index contributed by atoms with van der Waals surface area (Å²) in [4.78, 5) is 28.2. The third-order valence-electron chi connectivity index (χ3n) is 3.37. The van der Waals surface area contributed by atoms with Crippen LogP contribution in [0.4, 0.5) is 5.82 Å². The van der Waals surface area contributed by atoms with Crippen molar-refractivity contribution in [3.8, 4) is 0 Å². The van der Waals surface area contributed by atoms with E-state index in [1.807, 2.05) is 13.8 Å². The van der Waals surface area contributed by atoms with Crippen molar-refractivity contribution in [3.63, 3.8) is 0 Å². The summed E-state index contributed by atoms with van der Waals surface area (Å²) in [5.74, 6) is -0.822. The largest absolute Gasteiger partial charge is 0.391 e. The minimum absolute atomic E-state index is 0.0753. The van der Waals surface area contributed by atoms with Gasteiger partial charge in [0, 0.05) is 10.7 Å². The van der Waals surface area contributed by atoms with Crippen LogP contribution in [0.3, 0.4) is 0 Å². The van der Waals surface area contributed by atoms with E-state index in [2.05, 4.69) is 19.6 Å². The molecule has 0 fully saturated rings. The van der Waals surface area contributed by atoms with Crippen molar-refractivity contribution in [1.29, 1.82) is 0 Å². The second kappa shape index (κ2) is 5.95. The standard InChI is InChI=1S/C14H17ClN3O3P/c1-7-8(6-19)13(21)18(12(7)20)17-10-5-4-9(11(15)16-10)14(2,3)22/h4-5,19H,6,22H2,1-3H3,(H,16,17). The number of nitrogens with one attached hydrogen (secondary N) is 1. The van der Waals surface area contributed by atoms with E-state index in [-0.39, 0.29) is 27.3 Å². The van der Waals surface area contributed by atoms with Crippen molar-refractivity contribution in [2.75, 3.05) is 12.0 Å². The molecule has 8 heteroatoms. The highest BCUT2D eigenvalue weighted by Crippen LogP contribution is 2.35. The molecule has 0 saturated heterocycles. The predicted octanol–water partition coefficient (Wildman–Crippen LogP) is 1.85. The van der Waals surface area contributed by atoms with Gasteiger partial charge in [0.2, 0.25) is 0 Å². The van der Waals surface area contributed by atoms with Crippen LogP contribution in [-0.4, -0.2) is 33.5 Å². The van der Waals surface area contributed by atoms with Gasteiger partial charge in [0.25, 0.3) is 11.8 Å². The van der Waals surface area contributed by atoms with Crippen LogP contribution in [-0.2, 0) is 14.7 Å². The molecule has 0 spiro atoms. The highest BCUT2D eigenvalue weighted by Gasteiger charge is 2.36. The molecule has 1 aromatic heterocycles. The maximum atomic E-state index is 12.0. The molecule has 6 nitrogen and oxygen atoms in total. The molecule has 1 unspecified atom stereocenters. The van der Waals surface area contributed by atoms with E-state index in [0.717, 1.165) is 10.6 Å². The summed E-state index contributed by atoms with van der Waals surface area (Å²) >= 11 is 6.15. The zero-order valence-corrected chi connectivity index (χ0v) is 14.4. The molecule has 22 heavy (non-hydrogen) atoms. The molecule has 0 aliphatic carbocycles. The van der Waals surface area contributed by atoms with Gasteiger partial charge in [-0.15, -0.1) is 9.24 Å². The summed E-state index contributed by atoms with van der Waals surface area (Å²) in [7, 11) is 2.67. The van der Waals surface area contributed by atoms with E-state index in [1.54, 1.807) is 12.1 Å². The molecule has 2 heterocycles. The Morgan fingerprint density at radius 2 is 2.00 bits per heavy atom. The normalized spacial score (nSPS) is 15.8. The molecule has 0 saturated carbocycles. The Kier molecular flexibility index (Phi) is 4.57. The van der Waals surface area contributed by atoms with Gasteiger partial charge in [-0.05, 0) is 18.6 Å². The molecule has 118 valence electrons. The number of carbonyl (C=O) groups excluding carboxylic acids is 2. The van der Waals surface area contributed by atoms with Crippen LogP contribution in [0.25, 0.3) is 0 Å². The Morgan fingerprint density at radius 3 is 2.45 bits per heavy atom. The first kappa shape index (κ1) is 16.9. The molecule has 1 aliphatic heterocycles. The first-order valence-corrected chi connectivity index (χ1v) is 7.54. The quantitative estimate of drug-likeness (QED) is 0.496. The fraction of sp³-hybridized carbons (Fsp3) is 0.357. The van der Waals surface area contributed by atoms with E-state index >= 15 is 0 Å². The van der Waals surface area contributed by atoms with Crippen molar-refractivity contribution >= 4 is 38.5 Å². The number of hydrazine groups is 1. The van der Waals surface area contributed by atoms with Crippen LogP contribution in [0.5, 0.6) is 0 Å². The Hall–Kier alpha value is -1.49. The van der Waals surface area contributed by atoms with Crippen LogP contribution in [0, 0.1) is 0 Å². The molecule has 1 aromatic rings. The van der Waals surface area contributed by atoms with Crippen LogP contribution < -0.4 is 5.43 Å². The van der Waals surface area contributed by atoms with Gasteiger partial charge in [0.05, 0.1) is 12.2 Å². The summed E-state index contributed by atoms with van der Waals surface area (Å²) in [5.41, 5.74) is 3.75. The van der Waals surface area contributed by atoms with Crippen molar-refractivity contribution in [2.45, 2.75) is 25.9 Å². The molecule has 1 atom stereocenters. The summed E-state index contributed by atoms with van der Waals surface area (Å²) in [6, 6.07) is 3.42. The summed E-state index contributed by atoms with van der Waals surface area (Å²) in [6.07, 6.45) is 0. The number of carbonyl (C=O) groups is 2. The van der Waals surface area contributed by atoms with Crippen molar-refractivity contribution < 1.29 is 14.7 Å². The van der Waals surface area contributed by atoms with Gasteiger partial charge in [-0.25, -0.2) is 4.98 Å². The SMILES string of the molecule is CC1=C(CO)C(=O)N(Nc2ccc(C(C)(C)P)c(Cl)n2)C1=O. The number of hydrogen-bond acceptors (Lipinski definition) is 5. The van der Waals surface area contributed by atoms with Gasteiger partial charge in [-0.3, -0.25) is 15.0 Å². The minimum atomic E-state index is -0.585. The molecule has 2 N–H and O–H groups in total. The van der Waals surface area contributed by atoms with Gasteiger partial charge in [0.1, 0.15) is 11.0 Å². The molecule has 0 bridgehead atoms. The first-order chi connectivity index (χ1) is 10.2. The van der Waals surface area contributed by atoms with Gasteiger partial charge in [-0.2, -0.15) is 5.01 Å². The first-order valence-electron chi connectivity index (χ1n) is 6.58. The molecule has 0 aromatic carbocycles. The zero-order chi connectivity index (χ0) is 16.7. The maximum Gasteiger partial charge on any atom is 0.278 e. The van der Waals surface area contributed by atoms with E-state index in [0.29, 0.717) is 0 Å². The average molecular weight is 342 g/mol. The Labute approximate surface area is 135 Å². The van der Waals surface area contributed by atoms with Gasteiger partial charge in [-0.1, -0.05) is 31.5 Å². The fourth-order valence-electron chi connectivity index (χ4n) is 2.06. The molecular weight excluding hydrogens is 325 g/mol. The maximum absolute atomic E-state index is 12.0. The number of pyridine rings is 1. The lowest BCUT2D eigenvalue weighted by molar-refractivity contribution is -0.136. The number of anilines is 1. The second-order valence-corrected chi connectivity index (χ2v) is 7.38. The molecule has 2 amide bonds. The van der Waals surface area contributed by atoms with Crippen molar-refractivity contribution in [1.82, 2.24) is 9.99 Å². The average Bonchev–Trinajstić information content (AvgIpc) is 2.61. The van der Waals surface area contributed by atoms with Gasteiger partial charge in [0.15, 0.2) is 0 Å². The van der Waals surface area contributed by atoms with Crippen molar-refractivity contribution in [2.24, 2.45) is 0 Å². The fourth-order valence-corrected chi connectivity index (χ4v) is 2.79. The third kappa shape index (κ3) is 3.00. The highest BCUT2D eigenvalue weighted by atomic mass is 35.5. The van der Waals surface area contributed by atoms with Gasteiger partial charge >= 0.3 is 0 Å². The van der Waals surface area contributed by atoms with Gasteiger partial charge < -0.3 is 5.11 Å². The number of nitrogens with zero attached hydrogens (tertiary/aromatic N) is 2. The Balaban J connectivity index is 2.25. The van der Waals surface area contributed by atoms with Crippen LogP contribution in [0.15, 0.2) is 23.3 Å². The zero-order valence-electron chi connectivity index (χ0n) is 12.5. The van der Waals surface area contributed by atoms with E-state index < -0.39 is 18.4 Å². The van der Waals surface area contributed by atoms with Crippen LogP contribution >= 0.6 is 20.8 Å². The minimum Gasteiger partial charge on any atom is -0.391 e. The monoisotopic (exact) mass is 341 g/mol. The molecule has 1 aliphatic rings.